The summed E-state index contributed by atoms with van der Waals surface area (Å²) in [6.07, 6.45) is 10.5. The summed E-state index contributed by atoms with van der Waals surface area (Å²) in [5.41, 5.74) is 4.35. The third kappa shape index (κ3) is 3.73. The molecule has 3 nitrogen and oxygen atoms in total. The van der Waals surface area contributed by atoms with Gasteiger partial charge in [0.05, 0.1) is 11.7 Å². The van der Waals surface area contributed by atoms with E-state index in [1.54, 1.807) is 0 Å². The van der Waals surface area contributed by atoms with Gasteiger partial charge in [-0.1, -0.05) is 52.0 Å². The lowest BCUT2D eigenvalue weighted by Crippen LogP contribution is -2.50. The van der Waals surface area contributed by atoms with Crippen molar-refractivity contribution in [1.82, 2.24) is 0 Å². The molecule has 3 rings (SSSR count). The minimum absolute atomic E-state index is 0.00661. The summed E-state index contributed by atoms with van der Waals surface area (Å²) in [6.45, 7) is 13.7. The highest BCUT2D eigenvalue weighted by molar-refractivity contribution is 7.09. The maximum absolute atomic E-state index is 12.0. The number of aliphatic hydroxyl groups is 1. The van der Waals surface area contributed by atoms with Crippen LogP contribution in [0.4, 0.5) is 0 Å². The van der Waals surface area contributed by atoms with Gasteiger partial charge in [-0.3, -0.25) is 0 Å². The van der Waals surface area contributed by atoms with E-state index in [-0.39, 0.29) is 17.4 Å². The molecule has 0 amide bonds. The Balaban J connectivity index is 2.00. The number of hydrogen-bond donors (Lipinski definition) is 1. The molecule has 0 radical (unpaired) electrons. The van der Waals surface area contributed by atoms with Gasteiger partial charge in [0.2, 0.25) is 0 Å². The fourth-order valence-electron chi connectivity index (χ4n) is 6.51. The maximum Gasteiger partial charge on any atom is 0.154 e. The molecule has 0 aromatic heterocycles. The first-order chi connectivity index (χ1) is 13.6. The molecule has 162 valence electrons. The average molecular weight is 419 g/mol. The number of fused-ring (bicyclic) bond motifs is 3. The van der Waals surface area contributed by atoms with E-state index in [4.69, 9.17) is 4.52 Å². The third-order valence-corrected chi connectivity index (χ3v) is 8.81. The monoisotopic (exact) mass is 418 g/mol. The van der Waals surface area contributed by atoms with Crippen molar-refractivity contribution in [2.24, 2.45) is 23.2 Å². The van der Waals surface area contributed by atoms with Crippen molar-refractivity contribution in [3.05, 3.63) is 35.5 Å². The quantitative estimate of drug-likeness (QED) is 0.373. The lowest BCUT2D eigenvalue weighted by molar-refractivity contribution is -0.468. The summed E-state index contributed by atoms with van der Waals surface area (Å²) in [5.74, 6) is 1.07. The third-order valence-electron chi connectivity index (χ3n) is 8.48. The largest absolute Gasteiger partial charge is 0.385 e. The van der Waals surface area contributed by atoms with E-state index >= 15 is 0 Å². The van der Waals surface area contributed by atoms with Crippen molar-refractivity contribution >= 4 is 15.2 Å². The molecule has 3 aliphatic carbocycles. The molecule has 1 N–H and O–H groups in total. The molecule has 0 spiro atoms. The van der Waals surface area contributed by atoms with E-state index in [1.165, 1.54) is 16.9 Å². The predicted octanol–water partition coefficient (Wildman–Crippen LogP) is 5.31. The van der Waals surface area contributed by atoms with Gasteiger partial charge in [0.1, 0.15) is 14.1 Å². The number of allylic oxidation sites excluding steroid dienone is 3. The molecule has 29 heavy (non-hydrogen) atoms. The maximum atomic E-state index is 12.0. The number of hydrogen-bond acceptors (Lipinski definition) is 2. The van der Waals surface area contributed by atoms with Gasteiger partial charge in [-0.25, -0.2) is 4.58 Å². The normalized spacial score (nSPS) is 36.3. The van der Waals surface area contributed by atoms with Gasteiger partial charge in [-0.15, -0.1) is 0 Å². The van der Waals surface area contributed by atoms with Crippen LogP contribution in [0.5, 0.6) is 0 Å². The molecule has 1 fully saturated rings. The van der Waals surface area contributed by atoms with Crippen LogP contribution in [0, 0.1) is 23.2 Å². The van der Waals surface area contributed by atoms with E-state index in [0.717, 1.165) is 44.1 Å². The summed E-state index contributed by atoms with van der Waals surface area (Å²) < 4.78 is 8.02. The fourth-order valence-corrected chi connectivity index (χ4v) is 6.95. The average Bonchev–Trinajstić information content (AvgIpc) is 2.96. The smallest absolute Gasteiger partial charge is 0.154 e. The SMILES string of the molecule is C=C1CC[C@@]2(O)C(=CC[C@]3(C)[C@@H](OP)CC[C@H]32)C=C1[C@@H](C)[C@H](C)C(CC)=[N+](C)C. The van der Waals surface area contributed by atoms with Crippen LogP contribution in [0.25, 0.3) is 0 Å². The lowest BCUT2D eigenvalue weighted by Gasteiger charge is -2.48. The Kier molecular flexibility index (Phi) is 6.64. The van der Waals surface area contributed by atoms with Crippen LogP contribution in [0.2, 0.25) is 0 Å². The van der Waals surface area contributed by atoms with E-state index in [2.05, 4.69) is 74.6 Å². The zero-order valence-corrected chi connectivity index (χ0v) is 20.4. The van der Waals surface area contributed by atoms with E-state index in [0.29, 0.717) is 11.8 Å². The van der Waals surface area contributed by atoms with Gasteiger partial charge in [0.15, 0.2) is 5.71 Å². The summed E-state index contributed by atoms with van der Waals surface area (Å²) in [7, 11) is 6.75. The highest BCUT2D eigenvalue weighted by Crippen LogP contribution is 2.59. The molecule has 0 heterocycles. The second kappa shape index (κ2) is 8.40. The first-order valence-corrected chi connectivity index (χ1v) is 11.8. The second-order valence-corrected chi connectivity index (χ2v) is 10.3. The van der Waals surface area contributed by atoms with Gasteiger partial charge >= 0.3 is 0 Å². The molecule has 0 bridgehead atoms. The second-order valence-electron chi connectivity index (χ2n) is 10.1. The zero-order valence-electron chi connectivity index (χ0n) is 19.3. The van der Waals surface area contributed by atoms with Gasteiger partial charge in [-0.05, 0) is 49.2 Å². The molecule has 3 aliphatic rings. The molecule has 0 aromatic rings. The first kappa shape index (κ1) is 22.9. The van der Waals surface area contributed by atoms with Crippen molar-refractivity contribution < 1.29 is 14.2 Å². The molecule has 4 heteroatoms. The van der Waals surface area contributed by atoms with E-state index in [1.807, 2.05) is 0 Å². The molecule has 0 saturated heterocycles. The molecule has 1 unspecified atom stereocenters. The number of rotatable bonds is 5. The van der Waals surface area contributed by atoms with E-state index < -0.39 is 5.60 Å². The molecule has 1 saturated carbocycles. The topological polar surface area (TPSA) is 32.5 Å². The highest BCUT2D eigenvalue weighted by atomic mass is 31.0. The van der Waals surface area contributed by atoms with Crippen LogP contribution in [0.15, 0.2) is 35.5 Å². The van der Waals surface area contributed by atoms with Gasteiger partial charge in [-0.2, -0.15) is 0 Å². The van der Waals surface area contributed by atoms with Gasteiger partial charge in [0, 0.05) is 33.1 Å². The Morgan fingerprint density at radius 2 is 2.07 bits per heavy atom. The summed E-state index contributed by atoms with van der Waals surface area (Å²) in [6, 6.07) is 0. The minimum Gasteiger partial charge on any atom is -0.385 e. The molecular weight excluding hydrogens is 377 g/mol. The minimum atomic E-state index is -0.766. The van der Waals surface area contributed by atoms with Crippen molar-refractivity contribution in [2.45, 2.75) is 77.9 Å². The Hall–Kier alpha value is -0.760. The van der Waals surface area contributed by atoms with Crippen LogP contribution in [0.1, 0.15) is 66.2 Å². The predicted molar refractivity (Wildman–Crippen MR) is 125 cm³/mol. The highest BCUT2D eigenvalue weighted by Gasteiger charge is 2.58. The zero-order chi connectivity index (χ0) is 21.6. The lowest BCUT2D eigenvalue weighted by atomic mass is 9.60. The van der Waals surface area contributed by atoms with Crippen molar-refractivity contribution in [3.63, 3.8) is 0 Å². The molecular formula is C25H41NO2P+. The van der Waals surface area contributed by atoms with Crippen LogP contribution >= 0.6 is 9.47 Å². The Morgan fingerprint density at radius 1 is 1.38 bits per heavy atom. The summed E-state index contributed by atoms with van der Waals surface area (Å²) in [5, 5.41) is 12.0. The molecule has 7 atom stereocenters. The fraction of sp³-hybridized carbons (Fsp3) is 0.720. The molecule has 0 aliphatic heterocycles. The summed E-state index contributed by atoms with van der Waals surface area (Å²) >= 11 is 0. The van der Waals surface area contributed by atoms with Crippen molar-refractivity contribution in [1.29, 1.82) is 0 Å². The summed E-state index contributed by atoms with van der Waals surface area (Å²) in [4.78, 5) is 0. The van der Waals surface area contributed by atoms with Crippen LogP contribution in [-0.2, 0) is 4.52 Å². The number of nitrogens with zero attached hydrogens (tertiary/aromatic N) is 1. The first-order valence-electron chi connectivity index (χ1n) is 11.3. The van der Waals surface area contributed by atoms with Crippen LogP contribution < -0.4 is 0 Å². The van der Waals surface area contributed by atoms with Crippen LogP contribution in [0.3, 0.4) is 0 Å². The molecule has 0 aromatic carbocycles. The standard InChI is InChI=1S/C25H41NO2P/c1-8-21(26(6)7)18(4)17(3)20-15-19-12-13-24(5)22(9-10-23(24)28-29)25(19,27)14-11-16(20)2/h12,15,17-18,22-23,27H,2,8-11,13-14,29H2,1,3-7H3/q+1/t17-,18-,22+,23-,24-,25+/m0/s1. The van der Waals surface area contributed by atoms with E-state index in [9.17, 15) is 5.11 Å². The van der Waals surface area contributed by atoms with Crippen molar-refractivity contribution in [3.8, 4) is 0 Å². The van der Waals surface area contributed by atoms with Gasteiger partial charge < -0.3 is 9.63 Å². The van der Waals surface area contributed by atoms with Crippen LogP contribution in [-0.4, -0.2) is 41.2 Å². The Bertz CT molecular complexity index is 763. The Morgan fingerprint density at radius 3 is 2.66 bits per heavy atom. The van der Waals surface area contributed by atoms with Crippen molar-refractivity contribution in [2.75, 3.05) is 14.1 Å². The Labute approximate surface area is 180 Å². The van der Waals surface area contributed by atoms with Gasteiger partial charge in [0.25, 0.3) is 0 Å².